The zero-order valence-corrected chi connectivity index (χ0v) is 9.60. The highest BCUT2D eigenvalue weighted by atomic mass is 16.5. The minimum Gasteiger partial charge on any atom is -0.494 e. The molecular formula is C13H16O3. The fourth-order valence-corrected chi connectivity index (χ4v) is 1.34. The molecule has 0 saturated carbocycles. The molecule has 0 N–H and O–H groups in total. The molecule has 0 saturated heterocycles. The number of carbonyl (C=O) groups excluding carboxylic acids is 1. The van der Waals surface area contributed by atoms with E-state index in [1.807, 2.05) is 32.0 Å². The highest BCUT2D eigenvalue weighted by molar-refractivity contribution is 5.74. The van der Waals surface area contributed by atoms with Crippen molar-refractivity contribution in [3.63, 3.8) is 0 Å². The summed E-state index contributed by atoms with van der Waals surface area (Å²) in [6.45, 7) is 5.06. The molecule has 86 valence electrons. The number of carbonyl (C=O) groups is 1. The van der Waals surface area contributed by atoms with E-state index in [1.54, 1.807) is 6.08 Å². The van der Waals surface area contributed by atoms with Crippen LogP contribution in [0.5, 0.6) is 11.5 Å². The van der Waals surface area contributed by atoms with E-state index >= 15 is 0 Å². The molecule has 0 radical (unpaired) electrons. The van der Waals surface area contributed by atoms with E-state index in [-0.39, 0.29) is 0 Å². The van der Waals surface area contributed by atoms with Gasteiger partial charge in [0.2, 0.25) is 0 Å². The van der Waals surface area contributed by atoms with Crippen LogP contribution in [0.15, 0.2) is 24.3 Å². The smallest absolute Gasteiger partial charge is 0.142 e. The maximum atomic E-state index is 10.3. The lowest BCUT2D eigenvalue weighted by molar-refractivity contribution is -0.104. The van der Waals surface area contributed by atoms with Crippen LogP contribution in [0.25, 0.3) is 6.08 Å². The first-order valence-electron chi connectivity index (χ1n) is 5.32. The van der Waals surface area contributed by atoms with Gasteiger partial charge in [-0.3, -0.25) is 4.79 Å². The van der Waals surface area contributed by atoms with Gasteiger partial charge in [0, 0.05) is 6.07 Å². The van der Waals surface area contributed by atoms with Gasteiger partial charge in [-0.15, -0.1) is 0 Å². The van der Waals surface area contributed by atoms with Crippen LogP contribution < -0.4 is 9.47 Å². The molecule has 0 fully saturated rings. The van der Waals surface area contributed by atoms with Crippen molar-refractivity contribution in [3.05, 3.63) is 29.8 Å². The van der Waals surface area contributed by atoms with Crippen molar-refractivity contribution in [2.45, 2.75) is 13.8 Å². The highest BCUT2D eigenvalue weighted by Crippen LogP contribution is 2.23. The van der Waals surface area contributed by atoms with Gasteiger partial charge in [-0.1, -0.05) is 6.08 Å². The van der Waals surface area contributed by atoms with Gasteiger partial charge in [0.05, 0.1) is 13.2 Å². The van der Waals surface area contributed by atoms with Crippen molar-refractivity contribution < 1.29 is 14.3 Å². The summed E-state index contributed by atoms with van der Waals surface area (Å²) in [6.07, 6.45) is 3.91. The van der Waals surface area contributed by atoms with Crippen LogP contribution in [0, 0.1) is 0 Å². The summed E-state index contributed by atoms with van der Waals surface area (Å²) < 4.78 is 10.8. The Labute approximate surface area is 95.7 Å². The van der Waals surface area contributed by atoms with E-state index in [0.29, 0.717) is 13.2 Å². The molecule has 3 heteroatoms. The normalized spacial score (nSPS) is 10.4. The Morgan fingerprint density at radius 1 is 1.06 bits per heavy atom. The number of hydrogen-bond acceptors (Lipinski definition) is 3. The number of hydrogen-bond donors (Lipinski definition) is 0. The van der Waals surface area contributed by atoms with Crippen molar-refractivity contribution in [2.75, 3.05) is 13.2 Å². The summed E-state index contributed by atoms with van der Waals surface area (Å²) >= 11 is 0. The third kappa shape index (κ3) is 3.77. The second-order valence-corrected chi connectivity index (χ2v) is 3.10. The van der Waals surface area contributed by atoms with Gasteiger partial charge in [-0.05, 0) is 37.6 Å². The van der Waals surface area contributed by atoms with Crippen molar-refractivity contribution in [3.8, 4) is 11.5 Å². The molecule has 0 bridgehead atoms. The fourth-order valence-electron chi connectivity index (χ4n) is 1.34. The second kappa shape index (κ2) is 6.67. The van der Waals surface area contributed by atoms with E-state index in [0.717, 1.165) is 23.3 Å². The molecule has 1 rings (SSSR count). The molecule has 1 aromatic carbocycles. The third-order valence-electron chi connectivity index (χ3n) is 1.89. The van der Waals surface area contributed by atoms with Crippen molar-refractivity contribution >= 4 is 12.4 Å². The van der Waals surface area contributed by atoms with Crippen LogP contribution in [-0.4, -0.2) is 19.5 Å². The second-order valence-electron chi connectivity index (χ2n) is 3.10. The Hall–Kier alpha value is -1.77. The molecule has 0 spiro atoms. The number of allylic oxidation sites excluding steroid dienone is 1. The largest absolute Gasteiger partial charge is 0.494 e. The van der Waals surface area contributed by atoms with Crippen molar-refractivity contribution in [2.24, 2.45) is 0 Å². The summed E-state index contributed by atoms with van der Waals surface area (Å²) in [5.41, 5.74) is 0.890. The van der Waals surface area contributed by atoms with Gasteiger partial charge in [0.15, 0.2) is 0 Å². The summed E-state index contributed by atoms with van der Waals surface area (Å²) in [5, 5.41) is 0. The SMILES string of the molecule is CCOc1cc(C=CC=O)cc(OCC)c1. The monoisotopic (exact) mass is 220 g/mol. The molecule has 3 nitrogen and oxygen atoms in total. The summed E-state index contributed by atoms with van der Waals surface area (Å²) in [6, 6.07) is 5.57. The summed E-state index contributed by atoms with van der Waals surface area (Å²) in [7, 11) is 0. The Kier molecular flexibility index (Phi) is 5.12. The molecule has 0 atom stereocenters. The minimum atomic E-state index is 0.604. The van der Waals surface area contributed by atoms with E-state index in [1.165, 1.54) is 6.08 Å². The molecule has 1 aromatic rings. The maximum absolute atomic E-state index is 10.3. The zero-order valence-electron chi connectivity index (χ0n) is 9.60. The molecule has 16 heavy (non-hydrogen) atoms. The number of benzene rings is 1. The van der Waals surface area contributed by atoms with E-state index < -0.39 is 0 Å². The Bertz CT molecular complexity index is 345. The van der Waals surface area contributed by atoms with Crippen LogP contribution in [0.1, 0.15) is 19.4 Å². The van der Waals surface area contributed by atoms with Gasteiger partial charge < -0.3 is 9.47 Å². The lowest BCUT2D eigenvalue weighted by atomic mass is 10.2. The highest BCUT2D eigenvalue weighted by Gasteiger charge is 2.00. The molecule has 0 amide bonds. The maximum Gasteiger partial charge on any atom is 0.142 e. The third-order valence-corrected chi connectivity index (χ3v) is 1.89. The number of rotatable bonds is 6. The molecular weight excluding hydrogens is 204 g/mol. The summed E-state index contributed by atoms with van der Waals surface area (Å²) in [4.78, 5) is 10.3. The lowest BCUT2D eigenvalue weighted by Gasteiger charge is -2.08. The van der Waals surface area contributed by atoms with Gasteiger partial charge in [-0.2, -0.15) is 0 Å². The van der Waals surface area contributed by atoms with E-state index in [2.05, 4.69) is 0 Å². The van der Waals surface area contributed by atoms with E-state index in [9.17, 15) is 4.79 Å². The van der Waals surface area contributed by atoms with Gasteiger partial charge in [0.25, 0.3) is 0 Å². The molecule has 0 aliphatic rings. The average Bonchev–Trinajstić information content (AvgIpc) is 2.27. The molecule has 0 aromatic heterocycles. The number of aldehydes is 1. The molecule has 0 heterocycles. The first-order valence-corrected chi connectivity index (χ1v) is 5.32. The Morgan fingerprint density at radius 3 is 2.06 bits per heavy atom. The summed E-state index contributed by atoms with van der Waals surface area (Å²) in [5.74, 6) is 1.50. The van der Waals surface area contributed by atoms with Crippen LogP contribution in [0.3, 0.4) is 0 Å². The van der Waals surface area contributed by atoms with Gasteiger partial charge in [0.1, 0.15) is 17.8 Å². The van der Waals surface area contributed by atoms with E-state index in [4.69, 9.17) is 9.47 Å². The average molecular weight is 220 g/mol. The molecule has 0 aliphatic heterocycles. The first kappa shape index (κ1) is 12.3. The van der Waals surface area contributed by atoms with Crippen LogP contribution >= 0.6 is 0 Å². The lowest BCUT2D eigenvalue weighted by Crippen LogP contribution is -1.95. The Balaban J connectivity index is 2.97. The van der Waals surface area contributed by atoms with Crippen LogP contribution in [0.2, 0.25) is 0 Å². The predicted octanol–water partition coefficient (Wildman–Crippen LogP) is 2.70. The molecule has 0 aliphatic carbocycles. The first-order chi connectivity index (χ1) is 7.80. The van der Waals surface area contributed by atoms with Crippen LogP contribution in [0.4, 0.5) is 0 Å². The quantitative estimate of drug-likeness (QED) is 0.546. The zero-order chi connectivity index (χ0) is 11.8. The Morgan fingerprint density at radius 2 is 1.62 bits per heavy atom. The number of ether oxygens (including phenoxy) is 2. The molecule has 0 unspecified atom stereocenters. The fraction of sp³-hybridized carbons (Fsp3) is 0.308. The van der Waals surface area contributed by atoms with Crippen LogP contribution in [-0.2, 0) is 4.79 Å². The van der Waals surface area contributed by atoms with Gasteiger partial charge in [-0.25, -0.2) is 0 Å². The predicted molar refractivity (Wildman–Crippen MR) is 63.9 cm³/mol. The van der Waals surface area contributed by atoms with Gasteiger partial charge >= 0.3 is 0 Å². The van der Waals surface area contributed by atoms with Crippen molar-refractivity contribution in [1.29, 1.82) is 0 Å². The standard InChI is InChI=1S/C13H16O3/c1-3-15-12-8-11(6-5-7-14)9-13(10-12)16-4-2/h5-10H,3-4H2,1-2H3. The minimum absolute atomic E-state index is 0.604. The topological polar surface area (TPSA) is 35.5 Å². The van der Waals surface area contributed by atoms with Crippen molar-refractivity contribution in [1.82, 2.24) is 0 Å².